The first kappa shape index (κ1) is 25.0. The maximum absolute atomic E-state index is 13.2. The third kappa shape index (κ3) is 5.86. The number of piperidine rings is 1. The molecule has 1 heterocycles. The normalized spacial score (nSPS) is 22.7. The number of hydrogen-bond acceptors (Lipinski definition) is 3. The molecular formula is C23H24F6N2O2. The van der Waals surface area contributed by atoms with Crippen LogP contribution in [0.4, 0.5) is 26.3 Å². The molecule has 2 aromatic rings. The highest BCUT2D eigenvalue weighted by atomic mass is 19.4. The van der Waals surface area contributed by atoms with Gasteiger partial charge in [0.05, 0.1) is 35.3 Å². The fourth-order valence-corrected chi connectivity index (χ4v) is 3.96. The second kappa shape index (κ2) is 9.34. The van der Waals surface area contributed by atoms with E-state index in [0.29, 0.717) is 25.0 Å². The average Bonchev–Trinajstić information content (AvgIpc) is 2.76. The van der Waals surface area contributed by atoms with E-state index in [4.69, 9.17) is 10.5 Å². The van der Waals surface area contributed by atoms with Gasteiger partial charge in [0.1, 0.15) is 0 Å². The maximum atomic E-state index is 13.2. The zero-order chi connectivity index (χ0) is 24.4. The van der Waals surface area contributed by atoms with Crippen molar-refractivity contribution in [3.05, 3.63) is 70.8 Å². The third-order valence-electron chi connectivity index (χ3n) is 5.99. The number of hydrogen-bond donors (Lipinski definition) is 2. The summed E-state index contributed by atoms with van der Waals surface area (Å²) < 4.78 is 85.1. The SMILES string of the molecule is C[C@@H](OCC1(c2ccccc2)CC[C@@H](C(N)=O)CN1)c1cc(C(F)(F)F)cc(C(F)(F)F)c1. The number of rotatable bonds is 6. The Morgan fingerprint density at radius 1 is 1.09 bits per heavy atom. The van der Waals surface area contributed by atoms with E-state index in [1.807, 2.05) is 30.3 Å². The molecule has 0 radical (unpaired) electrons. The fourth-order valence-electron chi connectivity index (χ4n) is 3.96. The van der Waals surface area contributed by atoms with Crippen molar-refractivity contribution in [3.8, 4) is 0 Å². The Morgan fingerprint density at radius 3 is 2.12 bits per heavy atom. The first-order valence-electron chi connectivity index (χ1n) is 10.3. The molecule has 4 nitrogen and oxygen atoms in total. The van der Waals surface area contributed by atoms with Gasteiger partial charge in [-0.15, -0.1) is 0 Å². The lowest BCUT2D eigenvalue weighted by Crippen LogP contribution is -2.54. The summed E-state index contributed by atoms with van der Waals surface area (Å²) in [5.74, 6) is -0.820. The van der Waals surface area contributed by atoms with Crippen molar-refractivity contribution in [2.75, 3.05) is 13.2 Å². The summed E-state index contributed by atoms with van der Waals surface area (Å²) in [6.45, 7) is 1.66. The first-order chi connectivity index (χ1) is 15.3. The lowest BCUT2D eigenvalue weighted by atomic mass is 9.79. The first-order valence-corrected chi connectivity index (χ1v) is 10.3. The molecule has 33 heavy (non-hydrogen) atoms. The van der Waals surface area contributed by atoms with Crippen LogP contribution in [0.5, 0.6) is 0 Å². The van der Waals surface area contributed by atoms with E-state index in [-0.39, 0.29) is 30.7 Å². The third-order valence-corrected chi connectivity index (χ3v) is 5.99. The van der Waals surface area contributed by atoms with E-state index in [9.17, 15) is 31.1 Å². The van der Waals surface area contributed by atoms with E-state index < -0.39 is 41.0 Å². The monoisotopic (exact) mass is 474 g/mol. The number of amides is 1. The second-order valence-electron chi connectivity index (χ2n) is 8.26. The largest absolute Gasteiger partial charge is 0.416 e. The number of carbonyl (C=O) groups excluding carboxylic acids is 1. The predicted molar refractivity (Wildman–Crippen MR) is 109 cm³/mol. The minimum Gasteiger partial charge on any atom is -0.372 e. The Labute approximate surface area is 187 Å². The summed E-state index contributed by atoms with van der Waals surface area (Å²) in [5, 5.41) is 3.27. The Balaban J connectivity index is 1.87. The number of benzene rings is 2. The van der Waals surface area contributed by atoms with Gasteiger partial charge < -0.3 is 15.8 Å². The average molecular weight is 474 g/mol. The van der Waals surface area contributed by atoms with Crippen LogP contribution in [0.25, 0.3) is 0 Å². The number of alkyl halides is 6. The van der Waals surface area contributed by atoms with Crippen molar-refractivity contribution in [1.29, 1.82) is 0 Å². The van der Waals surface area contributed by atoms with E-state index in [0.717, 1.165) is 5.56 Å². The lowest BCUT2D eigenvalue weighted by molar-refractivity contribution is -0.143. The summed E-state index contributed by atoms with van der Waals surface area (Å²) in [4.78, 5) is 11.5. The van der Waals surface area contributed by atoms with Gasteiger partial charge in [-0.2, -0.15) is 26.3 Å². The highest BCUT2D eigenvalue weighted by Crippen LogP contribution is 2.39. The zero-order valence-corrected chi connectivity index (χ0v) is 17.8. The van der Waals surface area contributed by atoms with Crippen molar-refractivity contribution in [3.63, 3.8) is 0 Å². The van der Waals surface area contributed by atoms with Crippen LogP contribution in [0.15, 0.2) is 48.5 Å². The quantitative estimate of drug-likeness (QED) is 0.567. The molecule has 3 rings (SSSR count). The van der Waals surface area contributed by atoms with Crippen LogP contribution in [0.3, 0.4) is 0 Å². The van der Waals surface area contributed by atoms with Gasteiger partial charge in [-0.25, -0.2) is 0 Å². The Bertz CT molecular complexity index is 935. The minimum atomic E-state index is -4.93. The van der Waals surface area contributed by atoms with Gasteiger partial charge in [-0.05, 0) is 49.1 Å². The van der Waals surface area contributed by atoms with Gasteiger partial charge in [-0.1, -0.05) is 30.3 Å². The van der Waals surface area contributed by atoms with Crippen molar-refractivity contribution in [2.24, 2.45) is 11.7 Å². The number of nitrogens with one attached hydrogen (secondary N) is 1. The Morgan fingerprint density at radius 2 is 1.67 bits per heavy atom. The van der Waals surface area contributed by atoms with Gasteiger partial charge >= 0.3 is 12.4 Å². The number of halogens is 6. The maximum Gasteiger partial charge on any atom is 0.416 e. The second-order valence-corrected chi connectivity index (χ2v) is 8.26. The van der Waals surface area contributed by atoms with Crippen molar-refractivity contribution in [2.45, 2.75) is 43.8 Å². The van der Waals surface area contributed by atoms with Gasteiger partial charge in [0.25, 0.3) is 0 Å². The van der Waals surface area contributed by atoms with E-state index >= 15 is 0 Å². The molecule has 1 saturated heterocycles. The topological polar surface area (TPSA) is 64.3 Å². The molecule has 1 unspecified atom stereocenters. The standard InChI is InChI=1S/C23H24F6N2O2/c1-14(16-9-18(22(24,25)26)11-19(10-16)23(27,28)29)33-13-21(17-5-3-2-4-6-17)8-7-15(12-31-21)20(30)32/h2-6,9-11,14-15,31H,7-8,12-13H2,1H3,(H2,30,32)/t14-,15-,21?/m1/s1. The van der Waals surface area contributed by atoms with E-state index in [2.05, 4.69) is 5.32 Å². The Hall–Kier alpha value is -2.59. The molecule has 180 valence electrons. The summed E-state index contributed by atoms with van der Waals surface area (Å²) in [6.07, 6.45) is -10.00. The van der Waals surface area contributed by atoms with Crippen LogP contribution >= 0.6 is 0 Å². The van der Waals surface area contributed by atoms with Crippen LogP contribution in [-0.2, 0) is 27.4 Å². The zero-order valence-electron chi connectivity index (χ0n) is 17.8. The van der Waals surface area contributed by atoms with Gasteiger partial charge in [0.2, 0.25) is 5.91 Å². The molecule has 1 fully saturated rings. The molecule has 3 atom stereocenters. The van der Waals surface area contributed by atoms with Crippen LogP contribution in [0.2, 0.25) is 0 Å². The molecule has 1 amide bonds. The fraction of sp³-hybridized carbons (Fsp3) is 0.435. The molecule has 0 saturated carbocycles. The van der Waals surface area contributed by atoms with Gasteiger partial charge in [0.15, 0.2) is 0 Å². The summed E-state index contributed by atoms with van der Waals surface area (Å²) in [5.41, 5.74) is 2.46. The predicted octanol–water partition coefficient (Wildman–Crippen LogP) is 5.18. The number of ether oxygens (including phenoxy) is 1. The molecule has 0 aromatic heterocycles. The summed E-state index contributed by atoms with van der Waals surface area (Å²) >= 11 is 0. The molecule has 1 aliphatic rings. The van der Waals surface area contributed by atoms with E-state index in [1.165, 1.54) is 6.92 Å². The highest BCUT2D eigenvalue weighted by Gasteiger charge is 2.40. The summed E-state index contributed by atoms with van der Waals surface area (Å²) in [7, 11) is 0. The van der Waals surface area contributed by atoms with Crippen molar-refractivity contribution >= 4 is 5.91 Å². The number of carbonyl (C=O) groups is 1. The van der Waals surface area contributed by atoms with Crippen LogP contribution in [-0.4, -0.2) is 19.1 Å². The van der Waals surface area contributed by atoms with Crippen molar-refractivity contribution < 1.29 is 35.9 Å². The van der Waals surface area contributed by atoms with Gasteiger partial charge in [0, 0.05) is 6.54 Å². The lowest BCUT2D eigenvalue weighted by Gasteiger charge is -2.41. The molecular weight excluding hydrogens is 450 g/mol. The molecule has 0 spiro atoms. The molecule has 3 N–H and O–H groups in total. The Kier molecular flexibility index (Phi) is 7.09. The van der Waals surface area contributed by atoms with Crippen molar-refractivity contribution in [1.82, 2.24) is 5.32 Å². The smallest absolute Gasteiger partial charge is 0.372 e. The molecule has 0 bridgehead atoms. The van der Waals surface area contributed by atoms with Crippen LogP contribution in [0.1, 0.15) is 48.1 Å². The number of nitrogens with two attached hydrogens (primary N) is 1. The van der Waals surface area contributed by atoms with Crippen LogP contribution < -0.4 is 11.1 Å². The summed E-state index contributed by atoms with van der Waals surface area (Å²) in [6, 6.07) is 10.6. The molecule has 2 aromatic carbocycles. The highest BCUT2D eigenvalue weighted by molar-refractivity contribution is 5.77. The van der Waals surface area contributed by atoms with E-state index in [1.54, 1.807) is 0 Å². The molecule has 10 heteroatoms. The molecule has 0 aliphatic carbocycles. The minimum absolute atomic E-state index is 0.0265. The van der Waals surface area contributed by atoms with Crippen LogP contribution in [0, 0.1) is 5.92 Å². The molecule has 1 aliphatic heterocycles. The van der Waals surface area contributed by atoms with Gasteiger partial charge in [-0.3, -0.25) is 4.79 Å². The number of primary amides is 1.